The van der Waals surface area contributed by atoms with E-state index in [9.17, 15) is 8.42 Å². The summed E-state index contributed by atoms with van der Waals surface area (Å²) in [6.07, 6.45) is 1.21. The first-order valence-electron chi connectivity index (χ1n) is 16.1. The Hall–Kier alpha value is -6.12. The predicted molar refractivity (Wildman–Crippen MR) is 202 cm³/mol. The maximum absolute atomic E-state index is 12.3. The van der Waals surface area contributed by atoms with Gasteiger partial charge in [0.05, 0.1) is 58.8 Å². The third-order valence-electron chi connectivity index (χ3n) is 9.04. The van der Waals surface area contributed by atoms with Crippen molar-refractivity contribution in [2.75, 3.05) is 30.3 Å². The van der Waals surface area contributed by atoms with Crippen molar-refractivity contribution in [1.29, 1.82) is 0 Å². The molecule has 0 unspecified atom stereocenters. The second-order valence-corrected chi connectivity index (χ2v) is 14.1. The Kier molecular flexibility index (Phi) is 7.73. The van der Waals surface area contributed by atoms with Crippen LogP contribution in [0.3, 0.4) is 0 Å². The highest BCUT2D eigenvalue weighted by Gasteiger charge is 2.31. The number of sulfone groups is 1. The lowest BCUT2D eigenvalue weighted by Gasteiger charge is -2.40. The Labute approximate surface area is 291 Å². The van der Waals surface area contributed by atoms with E-state index in [0.717, 1.165) is 61.7 Å². The number of para-hydroxylation sites is 6. The monoisotopic (exact) mass is 675 g/mol. The maximum atomic E-state index is 12.3. The zero-order valence-electron chi connectivity index (χ0n) is 27.7. The summed E-state index contributed by atoms with van der Waals surface area (Å²) in [5, 5.41) is 0.940. The molecule has 6 aromatic carbocycles. The molecule has 0 N–H and O–H groups in total. The Morgan fingerprint density at radius 3 is 1.64 bits per heavy atom. The van der Waals surface area contributed by atoms with Crippen molar-refractivity contribution in [2.45, 2.75) is 4.90 Å². The van der Waals surface area contributed by atoms with Crippen LogP contribution in [0.5, 0.6) is 11.5 Å². The molecule has 0 atom stereocenters. The van der Waals surface area contributed by atoms with E-state index in [2.05, 4.69) is 101 Å². The third kappa shape index (κ3) is 5.40. The van der Waals surface area contributed by atoms with E-state index in [0.29, 0.717) is 17.2 Å². The topological polar surface area (TPSA) is 72.0 Å². The minimum Gasteiger partial charge on any atom is -0.497 e. The van der Waals surface area contributed by atoms with Gasteiger partial charge in [0, 0.05) is 29.0 Å². The molecule has 2 heterocycles. The summed E-state index contributed by atoms with van der Waals surface area (Å²) in [5.41, 5.74) is 10.2. The van der Waals surface area contributed by atoms with Crippen LogP contribution in [0.4, 0.5) is 34.1 Å². The highest BCUT2D eigenvalue weighted by atomic mass is 32.2. The van der Waals surface area contributed by atoms with Gasteiger partial charge >= 0.3 is 0 Å². The van der Waals surface area contributed by atoms with Gasteiger partial charge in [0.25, 0.3) is 0 Å². The summed E-state index contributed by atoms with van der Waals surface area (Å²) in [4.78, 5) is 10.2. The first-order chi connectivity index (χ1) is 24.3. The van der Waals surface area contributed by atoms with Crippen LogP contribution in [0.1, 0.15) is 0 Å². The summed E-state index contributed by atoms with van der Waals surface area (Å²) in [5.74, 6) is 1.33. The lowest BCUT2D eigenvalue weighted by atomic mass is 9.96. The van der Waals surface area contributed by atoms with E-state index < -0.39 is 9.84 Å². The smallest absolute Gasteiger partial charge is 0.175 e. The molecule has 0 amide bonds. The van der Waals surface area contributed by atoms with Gasteiger partial charge in [-0.25, -0.2) is 13.4 Å². The summed E-state index contributed by atoms with van der Waals surface area (Å²) < 4.78 is 35.9. The van der Waals surface area contributed by atoms with Crippen LogP contribution in [-0.2, 0) is 9.84 Å². The van der Waals surface area contributed by atoms with Gasteiger partial charge in [-0.05, 0) is 83.9 Å². The molecule has 0 bridgehead atoms. The van der Waals surface area contributed by atoms with Crippen LogP contribution >= 0.6 is 0 Å². The fourth-order valence-electron chi connectivity index (χ4n) is 6.70. The minimum atomic E-state index is -3.36. The van der Waals surface area contributed by atoms with E-state index in [1.807, 2.05) is 42.5 Å². The number of aromatic nitrogens is 1. The van der Waals surface area contributed by atoms with Gasteiger partial charge in [0.1, 0.15) is 11.5 Å². The normalized spacial score (nSPS) is 12.4. The first-order valence-corrected chi connectivity index (χ1v) is 18.0. The lowest BCUT2D eigenvalue weighted by molar-refractivity contribution is 0.394. The van der Waals surface area contributed by atoms with Crippen molar-refractivity contribution in [1.82, 2.24) is 4.98 Å². The standard InChI is InChI=1S/C42H33N3O4S/c1-48-31-24-29(25-32(26-31)49-2)35-27-36(28-20-22-33(23-21-28)50(3,46)47)43-42-34(35)14-11-19-41(42)45-39-17-9-7-15-37(39)44(30-12-5-4-6-13-30)38-16-8-10-18-40(38)45/h4-27H,1-3H3. The first kappa shape index (κ1) is 31.2. The minimum absolute atomic E-state index is 0.255. The molecule has 7 nitrogen and oxygen atoms in total. The predicted octanol–water partition coefficient (Wildman–Crippen LogP) is 10.2. The van der Waals surface area contributed by atoms with Crippen molar-refractivity contribution >= 4 is 54.9 Å². The summed E-state index contributed by atoms with van der Waals surface area (Å²) in [6.45, 7) is 0. The molecule has 246 valence electrons. The molecule has 1 aliphatic rings. The molecule has 1 aliphatic heterocycles. The van der Waals surface area contributed by atoms with Crippen molar-refractivity contribution in [3.05, 3.63) is 146 Å². The molecule has 8 heteroatoms. The fraction of sp³-hybridized carbons (Fsp3) is 0.0714. The molecular formula is C42H33N3O4S. The number of pyridine rings is 1. The van der Waals surface area contributed by atoms with Gasteiger partial charge in [-0.2, -0.15) is 0 Å². The average molecular weight is 676 g/mol. The van der Waals surface area contributed by atoms with Gasteiger partial charge in [-0.1, -0.05) is 66.7 Å². The zero-order chi connectivity index (χ0) is 34.4. The SMILES string of the molecule is COc1cc(OC)cc(-c2cc(-c3ccc(S(C)(=O)=O)cc3)nc3c(N4c5ccccc5N(c5ccccc5)c5ccccc54)cccc23)c1. The van der Waals surface area contributed by atoms with Crippen molar-refractivity contribution in [2.24, 2.45) is 0 Å². The molecule has 0 fully saturated rings. The molecule has 8 rings (SSSR count). The molecule has 7 aromatic rings. The molecule has 0 radical (unpaired) electrons. The summed E-state index contributed by atoms with van der Waals surface area (Å²) in [6, 6.07) is 48.2. The highest BCUT2D eigenvalue weighted by molar-refractivity contribution is 7.90. The summed E-state index contributed by atoms with van der Waals surface area (Å²) >= 11 is 0. The van der Waals surface area contributed by atoms with E-state index >= 15 is 0 Å². The van der Waals surface area contributed by atoms with Crippen molar-refractivity contribution in [3.63, 3.8) is 0 Å². The molecule has 0 saturated carbocycles. The van der Waals surface area contributed by atoms with Crippen LogP contribution in [0.2, 0.25) is 0 Å². The Morgan fingerprint density at radius 1 is 0.540 bits per heavy atom. The van der Waals surface area contributed by atoms with E-state index in [4.69, 9.17) is 14.5 Å². The number of hydrogen-bond acceptors (Lipinski definition) is 7. The Morgan fingerprint density at radius 2 is 1.08 bits per heavy atom. The van der Waals surface area contributed by atoms with Crippen LogP contribution in [0.25, 0.3) is 33.3 Å². The fourth-order valence-corrected chi connectivity index (χ4v) is 7.33. The van der Waals surface area contributed by atoms with E-state index in [1.54, 1.807) is 26.4 Å². The number of ether oxygens (including phenoxy) is 2. The van der Waals surface area contributed by atoms with Crippen LogP contribution in [-0.4, -0.2) is 33.9 Å². The van der Waals surface area contributed by atoms with Gasteiger partial charge in [-0.3, -0.25) is 0 Å². The third-order valence-corrected chi connectivity index (χ3v) is 10.2. The summed E-state index contributed by atoms with van der Waals surface area (Å²) in [7, 11) is -0.0866. The number of benzene rings is 6. The average Bonchev–Trinajstić information content (AvgIpc) is 3.16. The van der Waals surface area contributed by atoms with E-state index in [-0.39, 0.29) is 4.90 Å². The van der Waals surface area contributed by atoms with Crippen molar-refractivity contribution in [3.8, 4) is 33.9 Å². The molecule has 50 heavy (non-hydrogen) atoms. The second-order valence-electron chi connectivity index (χ2n) is 12.1. The van der Waals surface area contributed by atoms with Crippen molar-refractivity contribution < 1.29 is 17.9 Å². The number of rotatable bonds is 7. The van der Waals surface area contributed by atoms with Crippen LogP contribution < -0.4 is 19.3 Å². The van der Waals surface area contributed by atoms with Gasteiger partial charge in [-0.15, -0.1) is 0 Å². The molecule has 1 aromatic heterocycles. The Bertz CT molecular complexity index is 2430. The maximum Gasteiger partial charge on any atom is 0.175 e. The van der Waals surface area contributed by atoms with Gasteiger partial charge in [0.15, 0.2) is 9.84 Å². The molecule has 0 aliphatic carbocycles. The highest BCUT2D eigenvalue weighted by Crippen LogP contribution is 2.55. The van der Waals surface area contributed by atoms with Gasteiger partial charge < -0.3 is 19.3 Å². The lowest BCUT2D eigenvalue weighted by Crippen LogP contribution is -2.24. The number of fused-ring (bicyclic) bond motifs is 3. The molecule has 0 spiro atoms. The Balaban J connectivity index is 1.42. The quantitative estimate of drug-likeness (QED) is 0.166. The van der Waals surface area contributed by atoms with Gasteiger partial charge in [0.2, 0.25) is 0 Å². The number of hydrogen-bond donors (Lipinski definition) is 0. The number of anilines is 6. The molecule has 0 saturated heterocycles. The number of methoxy groups -OCH3 is 2. The number of nitrogens with zero attached hydrogens (tertiary/aromatic N) is 3. The van der Waals surface area contributed by atoms with Crippen LogP contribution in [0, 0.1) is 0 Å². The van der Waals surface area contributed by atoms with E-state index in [1.165, 1.54) is 6.26 Å². The molecular weight excluding hydrogens is 643 g/mol. The second kappa shape index (κ2) is 12.4. The van der Waals surface area contributed by atoms with Crippen LogP contribution in [0.15, 0.2) is 150 Å². The zero-order valence-corrected chi connectivity index (χ0v) is 28.6. The largest absolute Gasteiger partial charge is 0.497 e.